The second kappa shape index (κ2) is 7.96. The Morgan fingerprint density at radius 3 is 2.57 bits per heavy atom. The maximum absolute atomic E-state index is 13.1. The summed E-state index contributed by atoms with van der Waals surface area (Å²) < 4.78 is 30.3. The minimum atomic E-state index is -3.70. The summed E-state index contributed by atoms with van der Waals surface area (Å²) in [5.74, 6) is -0.230. The van der Waals surface area contributed by atoms with Crippen LogP contribution < -0.4 is 10.0 Å². The van der Waals surface area contributed by atoms with Crippen molar-refractivity contribution in [1.29, 1.82) is 0 Å². The Morgan fingerprint density at radius 2 is 1.83 bits per heavy atom. The largest absolute Gasteiger partial charge is 0.310 e. The van der Waals surface area contributed by atoms with Gasteiger partial charge in [-0.05, 0) is 43.9 Å². The van der Waals surface area contributed by atoms with Gasteiger partial charge >= 0.3 is 0 Å². The zero-order chi connectivity index (χ0) is 21.5. The number of nitrogens with zero attached hydrogens (tertiary/aromatic N) is 2. The number of benzene rings is 1. The fourth-order valence-electron chi connectivity index (χ4n) is 4.24. The van der Waals surface area contributed by atoms with E-state index in [2.05, 4.69) is 15.1 Å². The highest BCUT2D eigenvalue weighted by Gasteiger charge is 2.28. The number of nitrogens with one attached hydrogen (secondary N) is 2. The van der Waals surface area contributed by atoms with Crippen LogP contribution >= 0.6 is 0 Å². The molecule has 0 radical (unpaired) electrons. The van der Waals surface area contributed by atoms with Crippen LogP contribution in [-0.4, -0.2) is 36.1 Å². The molecule has 0 atom stereocenters. The van der Waals surface area contributed by atoms with Crippen molar-refractivity contribution in [3.05, 3.63) is 29.5 Å². The highest BCUT2D eigenvalue weighted by molar-refractivity contribution is 7.89. The summed E-state index contributed by atoms with van der Waals surface area (Å²) in [6.45, 7) is 3.50. The number of hydrogen-bond donors (Lipinski definition) is 2. The number of hydrogen-bond acceptors (Lipinski definition) is 5. The predicted octanol–water partition coefficient (Wildman–Crippen LogP) is 3.15. The van der Waals surface area contributed by atoms with Gasteiger partial charge in [0.15, 0.2) is 0 Å². The van der Waals surface area contributed by atoms with Crippen LogP contribution in [0.15, 0.2) is 23.1 Å². The van der Waals surface area contributed by atoms with Gasteiger partial charge in [-0.3, -0.25) is 9.59 Å². The molecule has 8 nitrogen and oxygen atoms in total. The lowest BCUT2D eigenvalue weighted by molar-refractivity contribution is -0.116. The monoisotopic (exact) mass is 430 g/mol. The molecule has 2 aromatic rings. The Balaban J connectivity index is 1.76. The van der Waals surface area contributed by atoms with E-state index in [9.17, 15) is 18.0 Å². The van der Waals surface area contributed by atoms with E-state index in [-0.39, 0.29) is 35.6 Å². The molecule has 1 aliphatic carbocycles. The highest BCUT2D eigenvalue weighted by Crippen LogP contribution is 2.35. The van der Waals surface area contributed by atoms with Crippen molar-refractivity contribution >= 4 is 27.7 Å². The number of aryl methyl sites for hydroxylation is 2. The van der Waals surface area contributed by atoms with Gasteiger partial charge in [-0.25, -0.2) is 13.1 Å². The van der Waals surface area contributed by atoms with Crippen molar-refractivity contribution in [2.24, 2.45) is 0 Å². The maximum atomic E-state index is 13.1. The molecule has 1 saturated carbocycles. The molecular formula is C21H26N4O4S. The smallest absolute Gasteiger partial charge is 0.249 e. The average molecular weight is 431 g/mol. The number of anilines is 1. The fourth-order valence-corrected chi connectivity index (χ4v) is 5.81. The van der Waals surface area contributed by atoms with Gasteiger partial charge < -0.3 is 5.32 Å². The van der Waals surface area contributed by atoms with Crippen LogP contribution in [0, 0.1) is 13.8 Å². The van der Waals surface area contributed by atoms with E-state index in [1.807, 2.05) is 0 Å². The van der Waals surface area contributed by atoms with Gasteiger partial charge in [0.2, 0.25) is 21.8 Å². The summed E-state index contributed by atoms with van der Waals surface area (Å²) in [6, 6.07) is 5.10. The number of fused-ring (bicyclic) bond motifs is 1. The number of rotatable bonds is 4. The first-order valence-electron chi connectivity index (χ1n) is 10.3. The van der Waals surface area contributed by atoms with E-state index in [1.165, 1.54) is 4.68 Å². The summed E-state index contributed by atoms with van der Waals surface area (Å²) in [5.41, 5.74) is 2.34. The minimum absolute atomic E-state index is 0.0436. The van der Waals surface area contributed by atoms with Crippen LogP contribution in [0.1, 0.15) is 61.0 Å². The Kier molecular flexibility index (Phi) is 5.50. The second-order valence-corrected chi connectivity index (χ2v) is 9.78. The van der Waals surface area contributed by atoms with E-state index >= 15 is 0 Å². The molecular weight excluding hydrogens is 404 g/mol. The van der Waals surface area contributed by atoms with Crippen LogP contribution in [0.2, 0.25) is 0 Å². The lowest BCUT2D eigenvalue weighted by Crippen LogP contribution is -2.36. The molecule has 2 heterocycles. The molecule has 0 bridgehead atoms. The van der Waals surface area contributed by atoms with Crippen molar-refractivity contribution in [3.63, 3.8) is 0 Å². The molecule has 0 spiro atoms. The van der Waals surface area contributed by atoms with E-state index in [0.29, 0.717) is 28.2 Å². The standard InChI is InChI=1S/C21H26N4O4S/c1-13-8-9-15(12-17(13)30(28,29)24-16-6-4-3-5-7-16)20-14(2)23-25-19(27)11-10-18(26)22-21(20)25/h8-9,12,16,24H,3-7,10-11H2,1-2H3,(H,22,26). The first-order chi connectivity index (χ1) is 14.3. The van der Waals surface area contributed by atoms with Gasteiger partial charge in [-0.2, -0.15) is 9.78 Å². The van der Waals surface area contributed by atoms with Crippen LogP contribution in [0.5, 0.6) is 0 Å². The molecule has 0 unspecified atom stereocenters. The van der Waals surface area contributed by atoms with Crippen LogP contribution in [0.3, 0.4) is 0 Å². The average Bonchev–Trinajstić information content (AvgIpc) is 2.95. The van der Waals surface area contributed by atoms with Gasteiger partial charge in [0.05, 0.1) is 10.6 Å². The Morgan fingerprint density at radius 1 is 1.10 bits per heavy atom. The third kappa shape index (κ3) is 3.91. The molecule has 9 heteroatoms. The number of amides is 1. The van der Waals surface area contributed by atoms with Crippen molar-refractivity contribution in [3.8, 4) is 11.1 Å². The van der Waals surface area contributed by atoms with Crippen molar-refractivity contribution < 1.29 is 18.0 Å². The lowest BCUT2D eigenvalue weighted by atomic mass is 9.96. The zero-order valence-electron chi connectivity index (χ0n) is 17.2. The molecule has 1 fully saturated rings. The fraction of sp³-hybridized carbons (Fsp3) is 0.476. The van der Waals surface area contributed by atoms with Crippen molar-refractivity contribution in [1.82, 2.24) is 14.5 Å². The normalized spacial score (nSPS) is 18.1. The molecule has 30 heavy (non-hydrogen) atoms. The molecule has 1 aromatic heterocycles. The SMILES string of the molecule is Cc1ccc(-c2c(C)nn3c2NC(=O)CCC3=O)cc1S(=O)(=O)NC1CCCCC1. The van der Waals surface area contributed by atoms with E-state index < -0.39 is 10.0 Å². The second-order valence-electron chi connectivity index (χ2n) is 8.10. The van der Waals surface area contributed by atoms with Gasteiger partial charge in [-0.15, -0.1) is 0 Å². The van der Waals surface area contributed by atoms with Crippen LogP contribution in [-0.2, 0) is 14.8 Å². The summed E-state index contributed by atoms with van der Waals surface area (Å²) >= 11 is 0. The first-order valence-corrected chi connectivity index (χ1v) is 11.8. The van der Waals surface area contributed by atoms with Crippen molar-refractivity contribution in [2.75, 3.05) is 5.32 Å². The summed E-state index contributed by atoms with van der Waals surface area (Å²) in [6.07, 6.45) is 5.08. The molecule has 1 aliphatic heterocycles. The minimum Gasteiger partial charge on any atom is -0.310 e. The quantitative estimate of drug-likeness (QED) is 0.774. The first kappa shape index (κ1) is 20.7. The summed E-state index contributed by atoms with van der Waals surface area (Å²) in [4.78, 5) is 24.6. The maximum Gasteiger partial charge on any atom is 0.249 e. The number of sulfonamides is 1. The van der Waals surface area contributed by atoms with E-state index in [0.717, 1.165) is 32.1 Å². The molecule has 2 aliphatic rings. The van der Waals surface area contributed by atoms with Gasteiger partial charge in [0.25, 0.3) is 0 Å². The van der Waals surface area contributed by atoms with E-state index in [1.54, 1.807) is 32.0 Å². The molecule has 4 rings (SSSR count). The Hall–Kier alpha value is -2.52. The predicted molar refractivity (Wildman–Crippen MR) is 113 cm³/mol. The zero-order valence-corrected chi connectivity index (χ0v) is 18.0. The van der Waals surface area contributed by atoms with Crippen LogP contribution in [0.4, 0.5) is 5.82 Å². The number of aromatic nitrogens is 2. The van der Waals surface area contributed by atoms with Crippen LogP contribution in [0.25, 0.3) is 11.1 Å². The summed E-state index contributed by atoms with van der Waals surface area (Å²) in [5, 5.41) is 7.05. The molecule has 160 valence electrons. The van der Waals surface area contributed by atoms with Gasteiger partial charge in [0, 0.05) is 24.4 Å². The third-order valence-electron chi connectivity index (χ3n) is 5.81. The third-order valence-corrected chi connectivity index (χ3v) is 7.48. The molecule has 2 N–H and O–H groups in total. The molecule has 1 aromatic carbocycles. The van der Waals surface area contributed by atoms with E-state index in [4.69, 9.17) is 0 Å². The lowest BCUT2D eigenvalue weighted by Gasteiger charge is -2.23. The molecule has 1 amide bonds. The number of carbonyl (C=O) groups excluding carboxylic acids is 2. The van der Waals surface area contributed by atoms with Gasteiger partial charge in [0.1, 0.15) is 5.82 Å². The summed E-state index contributed by atoms with van der Waals surface area (Å²) in [7, 11) is -3.70. The highest BCUT2D eigenvalue weighted by atomic mass is 32.2. The molecule has 0 saturated heterocycles. The topological polar surface area (TPSA) is 110 Å². The number of carbonyl (C=O) groups is 2. The Labute approximate surface area is 176 Å². The van der Waals surface area contributed by atoms with Gasteiger partial charge in [-0.1, -0.05) is 31.4 Å². The van der Waals surface area contributed by atoms with Crippen molar-refractivity contribution in [2.45, 2.75) is 69.7 Å². The Bertz CT molecular complexity index is 1110.